The van der Waals surface area contributed by atoms with Gasteiger partial charge in [0.15, 0.2) is 0 Å². The molecule has 3 heterocycles. The van der Waals surface area contributed by atoms with Crippen LogP contribution in [0.15, 0.2) is 59.2 Å². The minimum absolute atomic E-state index is 0.265. The van der Waals surface area contributed by atoms with E-state index in [1.165, 1.54) is 16.7 Å². The van der Waals surface area contributed by atoms with Crippen LogP contribution in [0.25, 0.3) is 11.4 Å². The highest BCUT2D eigenvalue weighted by atomic mass is 79.9. The van der Waals surface area contributed by atoms with Crippen LogP contribution in [0.1, 0.15) is 63.3 Å². The molecule has 0 bridgehead atoms. The van der Waals surface area contributed by atoms with Crippen molar-refractivity contribution < 1.29 is 4.79 Å². The molecule has 2 aliphatic rings. The normalized spacial score (nSPS) is 23.9. The van der Waals surface area contributed by atoms with Crippen LogP contribution in [0.2, 0.25) is 0 Å². The fourth-order valence-corrected chi connectivity index (χ4v) is 6.04. The zero-order chi connectivity index (χ0) is 22.5. The molecule has 2 aromatic carbocycles. The van der Waals surface area contributed by atoms with Crippen molar-refractivity contribution in [3.8, 4) is 11.4 Å². The summed E-state index contributed by atoms with van der Waals surface area (Å²) in [6.07, 6.45) is 6.51. The lowest BCUT2D eigenvalue weighted by molar-refractivity contribution is -0.133. The van der Waals surface area contributed by atoms with Crippen molar-refractivity contribution in [2.75, 3.05) is 0 Å². The van der Waals surface area contributed by atoms with E-state index < -0.39 is 5.54 Å². The maximum atomic E-state index is 13.4. The summed E-state index contributed by atoms with van der Waals surface area (Å²) in [5.74, 6) is 1.27. The molecule has 0 N–H and O–H groups in total. The average molecular weight is 492 g/mol. The predicted octanol–water partition coefficient (Wildman–Crippen LogP) is 6.16. The summed E-state index contributed by atoms with van der Waals surface area (Å²) in [5.41, 5.74) is 4.26. The number of amides is 1. The Morgan fingerprint density at radius 3 is 2.47 bits per heavy atom. The molecular weight excluding hydrogens is 462 g/mol. The van der Waals surface area contributed by atoms with Gasteiger partial charge in [-0.2, -0.15) is 0 Å². The van der Waals surface area contributed by atoms with E-state index in [1.807, 2.05) is 0 Å². The summed E-state index contributed by atoms with van der Waals surface area (Å²) in [5, 5.41) is 0. The zero-order valence-electron chi connectivity index (χ0n) is 19.0. The number of hydrogen-bond acceptors (Lipinski definition) is 2. The number of carbonyl (C=O) groups excluding carboxylic acids is 1. The van der Waals surface area contributed by atoms with Crippen LogP contribution in [0.4, 0.5) is 0 Å². The summed E-state index contributed by atoms with van der Waals surface area (Å²) in [4.78, 5) is 20.5. The smallest absolute Gasteiger partial charge is 0.223 e. The Labute approximate surface area is 198 Å². The van der Waals surface area contributed by atoms with E-state index in [2.05, 4.69) is 101 Å². The van der Waals surface area contributed by atoms with Crippen molar-refractivity contribution in [3.63, 3.8) is 0 Å². The van der Waals surface area contributed by atoms with Crippen molar-refractivity contribution in [1.82, 2.24) is 14.5 Å². The van der Waals surface area contributed by atoms with Gasteiger partial charge in [-0.25, -0.2) is 4.98 Å². The minimum atomic E-state index is -0.436. The number of carbonyl (C=O) groups is 1. The fourth-order valence-electron chi connectivity index (χ4n) is 5.77. The third-order valence-corrected chi connectivity index (χ3v) is 7.93. The van der Waals surface area contributed by atoms with Crippen molar-refractivity contribution >= 4 is 21.8 Å². The SMILES string of the molecule is CCc1cn2c(n1)-c1ccccc1C2(CCC(=O)N1C(C)CCC1C)c1ccc(Br)cc1. The van der Waals surface area contributed by atoms with Gasteiger partial charge in [-0.05, 0) is 62.8 Å². The number of likely N-dealkylation sites (tertiary alicyclic amines) is 1. The van der Waals surface area contributed by atoms with E-state index >= 15 is 0 Å². The molecule has 1 saturated heterocycles. The second-order valence-electron chi connectivity index (χ2n) is 9.27. The van der Waals surface area contributed by atoms with Crippen molar-refractivity contribution in [3.05, 3.63) is 76.0 Å². The molecule has 0 radical (unpaired) electrons. The molecule has 5 heteroatoms. The molecular formula is C27H30BrN3O. The van der Waals surface area contributed by atoms with Crippen LogP contribution in [0, 0.1) is 0 Å². The van der Waals surface area contributed by atoms with Gasteiger partial charge >= 0.3 is 0 Å². The lowest BCUT2D eigenvalue weighted by Crippen LogP contribution is -2.40. The van der Waals surface area contributed by atoms with Crippen LogP contribution in [-0.4, -0.2) is 32.4 Å². The van der Waals surface area contributed by atoms with Gasteiger partial charge in [-0.1, -0.05) is 59.3 Å². The van der Waals surface area contributed by atoms with Crippen LogP contribution >= 0.6 is 15.9 Å². The van der Waals surface area contributed by atoms with E-state index in [9.17, 15) is 4.79 Å². The molecule has 166 valence electrons. The predicted molar refractivity (Wildman–Crippen MR) is 132 cm³/mol. The van der Waals surface area contributed by atoms with Crippen molar-refractivity contribution in [2.45, 2.75) is 70.5 Å². The van der Waals surface area contributed by atoms with Gasteiger partial charge in [0.2, 0.25) is 5.91 Å². The fraction of sp³-hybridized carbons (Fsp3) is 0.407. The highest BCUT2D eigenvalue weighted by molar-refractivity contribution is 9.10. The summed E-state index contributed by atoms with van der Waals surface area (Å²) >= 11 is 3.59. The number of imidazole rings is 1. The Morgan fingerprint density at radius 2 is 1.78 bits per heavy atom. The van der Waals surface area contributed by atoms with Crippen LogP contribution in [-0.2, 0) is 16.8 Å². The first-order chi connectivity index (χ1) is 15.5. The molecule has 0 spiro atoms. The topological polar surface area (TPSA) is 38.1 Å². The van der Waals surface area contributed by atoms with Gasteiger partial charge in [0.1, 0.15) is 5.82 Å². The van der Waals surface area contributed by atoms with E-state index in [4.69, 9.17) is 4.98 Å². The summed E-state index contributed by atoms with van der Waals surface area (Å²) in [6, 6.07) is 17.8. The van der Waals surface area contributed by atoms with E-state index in [-0.39, 0.29) is 5.91 Å². The minimum Gasteiger partial charge on any atom is -0.337 e. The van der Waals surface area contributed by atoms with Crippen LogP contribution in [0.5, 0.6) is 0 Å². The molecule has 32 heavy (non-hydrogen) atoms. The second kappa shape index (κ2) is 8.18. The second-order valence-corrected chi connectivity index (χ2v) is 10.2. The number of aryl methyl sites for hydroxylation is 1. The van der Waals surface area contributed by atoms with Crippen molar-refractivity contribution in [1.29, 1.82) is 0 Å². The third kappa shape index (κ3) is 3.24. The first-order valence-electron chi connectivity index (χ1n) is 11.7. The van der Waals surface area contributed by atoms with E-state index in [0.29, 0.717) is 24.9 Å². The van der Waals surface area contributed by atoms with Gasteiger partial charge in [0.05, 0.1) is 11.2 Å². The molecule has 0 saturated carbocycles. The van der Waals surface area contributed by atoms with E-state index in [1.54, 1.807) is 0 Å². The van der Waals surface area contributed by atoms with Gasteiger partial charge in [-0.15, -0.1) is 0 Å². The number of fused-ring (bicyclic) bond motifs is 3. The summed E-state index contributed by atoms with van der Waals surface area (Å²) in [6.45, 7) is 6.50. The number of benzene rings is 2. The zero-order valence-corrected chi connectivity index (χ0v) is 20.6. The number of rotatable bonds is 5. The molecule has 3 unspecified atom stereocenters. The quantitative estimate of drug-likeness (QED) is 0.428. The maximum Gasteiger partial charge on any atom is 0.223 e. The van der Waals surface area contributed by atoms with Gasteiger partial charge in [0, 0.05) is 34.7 Å². The molecule has 3 aromatic rings. The Morgan fingerprint density at radius 1 is 1.09 bits per heavy atom. The first-order valence-corrected chi connectivity index (χ1v) is 12.5. The Balaban J connectivity index is 1.63. The lowest BCUT2D eigenvalue weighted by atomic mass is 9.79. The number of aromatic nitrogens is 2. The third-order valence-electron chi connectivity index (χ3n) is 7.41. The summed E-state index contributed by atoms with van der Waals surface area (Å²) < 4.78 is 3.39. The Bertz CT molecular complexity index is 1140. The largest absolute Gasteiger partial charge is 0.337 e. The number of nitrogens with zero attached hydrogens (tertiary/aromatic N) is 3. The van der Waals surface area contributed by atoms with Crippen LogP contribution < -0.4 is 0 Å². The maximum absolute atomic E-state index is 13.4. The summed E-state index contributed by atoms with van der Waals surface area (Å²) in [7, 11) is 0. The highest BCUT2D eigenvalue weighted by Crippen LogP contribution is 2.50. The molecule has 0 aliphatic carbocycles. The molecule has 2 aliphatic heterocycles. The number of halogens is 1. The van der Waals surface area contributed by atoms with Gasteiger partial charge in [-0.3, -0.25) is 4.79 Å². The Hall–Kier alpha value is -2.40. The Kier molecular flexibility index (Phi) is 5.48. The van der Waals surface area contributed by atoms with Crippen molar-refractivity contribution in [2.24, 2.45) is 0 Å². The monoisotopic (exact) mass is 491 g/mol. The molecule has 1 amide bonds. The number of hydrogen-bond donors (Lipinski definition) is 0. The van der Waals surface area contributed by atoms with Gasteiger partial charge in [0.25, 0.3) is 0 Å². The molecule has 1 aromatic heterocycles. The van der Waals surface area contributed by atoms with E-state index in [0.717, 1.165) is 35.3 Å². The molecule has 1 fully saturated rings. The standard InChI is InChI=1S/C27H30BrN3O/c1-4-22-17-30-26(29-22)23-7-5-6-8-24(23)27(30,20-11-13-21(28)14-12-20)16-15-25(32)31-18(2)9-10-19(31)3/h5-8,11-14,17-19H,4,9-10,15-16H2,1-3H3. The molecule has 3 atom stereocenters. The lowest BCUT2D eigenvalue weighted by Gasteiger charge is -2.35. The highest BCUT2D eigenvalue weighted by Gasteiger charge is 2.46. The average Bonchev–Trinajstić information content (AvgIpc) is 3.45. The van der Waals surface area contributed by atoms with Crippen LogP contribution in [0.3, 0.4) is 0 Å². The first kappa shape index (κ1) is 21.4. The molecule has 5 rings (SSSR count). The van der Waals surface area contributed by atoms with Gasteiger partial charge < -0.3 is 9.47 Å². The molecule has 4 nitrogen and oxygen atoms in total.